The van der Waals surface area contributed by atoms with Gasteiger partial charge in [-0.3, -0.25) is 4.79 Å². The summed E-state index contributed by atoms with van der Waals surface area (Å²) in [5.74, 6) is 1.10. The van der Waals surface area contributed by atoms with Gasteiger partial charge in [0.2, 0.25) is 0 Å². The van der Waals surface area contributed by atoms with Gasteiger partial charge >= 0.3 is 0 Å². The van der Waals surface area contributed by atoms with Crippen molar-refractivity contribution in [2.24, 2.45) is 0 Å². The zero-order valence-electron chi connectivity index (χ0n) is 9.72. The number of carbonyl (C=O) groups is 1. The molecule has 0 saturated heterocycles. The lowest BCUT2D eigenvalue weighted by molar-refractivity contribution is 0.0989. The highest BCUT2D eigenvalue weighted by molar-refractivity contribution is 8.00. The largest absolute Gasteiger partial charge is 0.294 e. The van der Waals surface area contributed by atoms with Gasteiger partial charge in [-0.1, -0.05) is 11.8 Å². The van der Waals surface area contributed by atoms with Crippen molar-refractivity contribution in [2.45, 2.75) is 17.7 Å². The summed E-state index contributed by atoms with van der Waals surface area (Å²) in [4.78, 5) is 16.0. The minimum atomic E-state index is -0.328. The SMILES string of the molecule is Cc1nsc(SCCC(=O)c2ccc(F)cc2)n1. The average molecular weight is 282 g/mol. The first-order chi connectivity index (χ1) is 8.65. The van der Waals surface area contributed by atoms with Crippen molar-refractivity contribution >= 4 is 29.1 Å². The minimum Gasteiger partial charge on any atom is -0.294 e. The van der Waals surface area contributed by atoms with E-state index in [9.17, 15) is 9.18 Å². The van der Waals surface area contributed by atoms with Gasteiger partial charge < -0.3 is 0 Å². The zero-order valence-corrected chi connectivity index (χ0v) is 11.4. The molecule has 6 heteroatoms. The lowest BCUT2D eigenvalue weighted by Gasteiger charge is -1.99. The van der Waals surface area contributed by atoms with Crippen molar-refractivity contribution in [1.29, 1.82) is 0 Å². The second-order valence-corrected chi connectivity index (χ2v) is 5.73. The molecular formula is C12H11FN2OS2. The van der Waals surface area contributed by atoms with Gasteiger partial charge in [-0.25, -0.2) is 9.37 Å². The second kappa shape index (κ2) is 6.06. The molecule has 2 aromatic rings. The summed E-state index contributed by atoms with van der Waals surface area (Å²) in [6.07, 6.45) is 0.412. The van der Waals surface area contributed by atoms with Crippen molar-refractivity contribution in [3.8, 4) is 0 Å². The third-order valence-electron chi connectivity index (χ3n) is 2.23. The highest BCUT2D eigenvalue weighted by Gasteiger charge is 2.07. The Balaban J connectivity index is 1.83. The number of hydrogen-bond acceptors (Lipinski definition) is 5. The molecule has 18 heavy (non-hydrogen) atoms. The van der Waals surface area contributed by atoms with Crippen molar-refractivity contribution in [2.75, 3.05) is 5.75 Å². The van der Waals surface area contributed by atoms with Crippen molar-refractivity contribution in [3.63, 3.8) is 0 Å². The van der Waals surface area contributed by atoms with E-state index in [1.54, 1.807) is 0 Å². The minimum absolute atomic E-state index is 0.0173. The van der Waals surface area contributed by atoms with Crippen molar-refractivity contribution < 1.29 is 9.18 Å². The number of benzene rings is 1. The summed E-state index contributed by atoms with van der Waals surface area (Å²) < 4.78 is 17.6. The fourth-order valence-corrected chi connectivity index (χ4v) is 3.00. The summed E-state index contributed by atoms with van der Waals surface area (Å²) in [6, 6.07) is 5.62. The first-order valence-corrected chi connectivity index (χ1v) is 7.13. The average Bonchev–Trinajstić information content (AvgIpc) is 2.76. The molecule has 0 spiro atoms. The number of hydrogen-bond donors (Lipinski definition) is 0. The summed E-state index contributed by atoms with van der Waals surface area (Å²) >= 11 is 2.86. The number of thioether (sulfide) groups is 1. The molecule has 94 valence electrons. The maximum absolute atomic E-state index is 12.7. The molecule has 0 aliphatic carbocycles. The van der Waals surface area contributed by atoms with Crippen LogP contribution in [0.25, 0.3) is 0 Å². The third-order valence-corrected chi connectivity index (χ3v) is 4.16. The molecule has 3 nitrogen and oxygen atoms in total. The maximum Gasteiger partial charge on any atom is 0.170 e. The fraction of sp³-hybridized carbons (Fsp3) is 0.250. The van der Waals surface area contributed by atoms with Gasteiger partial charge in [-0.05, 0) is 42.7 Å². The molecule has 0 amide bonds. The molecule has 1 heterocycles. The third kappa shape index (κ3) is 3.61. The van der Waals surface area contributed by atoms with Crippen LogP contribution >= 0.6 is 23.3 Å². The Morgan fingerprint density at radius 2 is 2.11 bits per heavy atom. The molecule has 2 rings (SSSR count). The van der Waals surface area contributed by atoms with Crippen LogP contribution in [0.15, 0.2) is 28.6 Å². The van der Waals surface area contributed by atoms with E-state index in [2.05, 4.69) is 9.36 Å². The van der Waals surface area contributed by atoms with E-state index in [0.29, 0.717) is 17.7 Å². The molecule has 0 fully saturated rings. The Labute approximate surface area is 113 Å². The Bertz CT molecular complexity index is 539. The van der Waals surface area contributed by atoms with Gasteiger partial charge in [-0.2, -0.15) is 4.37 Å². The lowest BCUT2D eigenvalue weighted by atomic mass is 10.1. The summed E-state index contributed by atoms with van der Waals surface area (Å²) in [7, 11) is 0. The number of Topliss-reactive ketones (excluding diaryl/α,β-unsaturated/α-hetero) is 1. The predicted molar refractivity (Wildman–Crippen MR) is 70.7 cm³/mol. The lowest BCUT2D eigenvalue weighted by Crippen LogP contribution is -2.00. The van der Waals surface area contributed by atoms with Crippen LogP contribution in [0.1, 0.15) is 22.6 Å². The van der Waals surface area contributed by atoms with Crippen LogP contribution in [0.3, 0.4) is 0 Å². The highest BCUT2D eigenvalue weighted by Crippen LogP contribution is 2.21. The molecule has 0 unspecified atom stereocenters. The van der Waals surface area contributed by atoms with E-state index >= 15 is 0 Å². The summed E-state index contributed by atoms with van der Waals surface area (Å²) in [5, 5.41) is 0. The van der Waals surface area contributed by atoms with Crippen LogP contribution in [-0.4, -0.2) is 20.9 Å². The van der Waals surface area contributed by atoms with Gasteiger partial charge in [0.25, 0.3) is 0 Å². The molecule has 0 atom stereocenters. The van der Waals surface area contributed by atoms with Crippen LogP contribution in [0, 0.1) is 12.7 Å². The van der Waals surface area contributed by atoms with Crippen LogP contribution < -0.4 is 0 Å². The number of nitrogens with zero attached hydrogens (tertiary/aromatic N) is 2. The predicted octanol–water partition coefficient (Wildman–Crippen LogP) is 3.35. The molecule has 0 bridgehead atoms. The number of ketones is 1. The maximum atomic E-state index is 12.7. The normalized spacial score (nSPS) is 10.6. The second-order valence-electron chi connectivity index (χ2n) is 3.64. The number of aryl methyl sites for hydroxylation is 1. The monoisotopic (exact) mass is 282 g/mol. The summed E-state index contributed by atoms with van der Waals surface area (Å²) in [5.41, 5.74) is 0.547. The molecule has 0 N–H and O–H groups in total. The summed E-state index contributed by atoms with van der Waals surface area (Å²) in [6.45, 7) is 1.84. The van der Waals surface area contributed by atoms with E-state index in [1.807, 2.05) is 6.92 Å². The van der Waals surface area contributed by atoms with Gasteiger partial charge in [0.1, 0.15) is 11.6 Å². The number of aromatic nitrogens is 2. The van der Waals surface area contributed by atoms with Crippen LogP contribution in [-0.2, 0) is 0 Å². The number of halogens is 1. The van der Waals surface area contributed by atoms with Crippen LogP contribution in [0.5, 0.6) is 0 Å². The molecule has 0 saturated carbocycles. The molecule has 0 radical (unpaired) electrons. The standard InChI is InChI=1S/C12H11FN2OS2/c1-8-14-12(18-15-8)17-7-6-11(16)9-2-4-10(13)5-3-9/h2-5H,6-7H2,1H3. The first-order valence-electron chi connectivity index (χ1n) is 5.37. The molecule has 0 aliphatic heterocycles. The van der Waals surface area contributed by atoms with Crippen molar-refractivity contribution in [1.82, 2.24) is 9.36 Å². The Hall–Kier alpha value is -1.27. The Morgan fingerprint density at radius 1 is 1.39 bits per heavy atom. The Kier molecular flexibility index (Phi) is 4.43. The number of carbonyl (C=O) groups excluding carboxylic acids is 1. The quantitative estimate of drug-likeness (QED) is 0.623. The molecule has 0 aliphatic rings. The van der Waals surface area contributed by atoms with E-state index in [4.69, 9.17) is 0 Å². The fourth-order valence-electron chi connectivity index (χ4n) is 1.35. The van der Waals surface area contributed by atoms with Gasteiger partial charge in [0.05, 0.1) is 0 Å². The van der Waals surface area contributed by atoms with Crippen LogP contribution in [0.4, 0.5) is 4.39 Å². The smallest absolute Gasteiger partial charge is 0.170 e. The highest BCUT2D eigenvalue weighted by atomic mass is 32.2. The van der Waals surface area contributed by atoms with E-state index < -0.39 is 0 Å². The molecule has 1 aromatic heterocycles. The molecule has 1 aromatic carbocycles. The van der Waals surface area contributed by atoms with Gasteiger partial charge in [0, 0.05) is 17.7 Å². The Morgan fingerprint density at radius 3 is 2.72 bits per heavy atom. The zero-order chi connectivity index (χ0) is 13.0. The van der Waals surface area contributed by atoms with Crippen LogP contribution in [0.2, 0.25) is 0 Å². The topological polar surface area (TPSA) is 42.9 Å². The van der Waals surface area contributed by atoms with Gasteiger partial charge in [-0.15, -0.1) is 0 Å². The number of rotatable bonds is 5. The van der Waals surface area contributed by atoms with E-state index in [1.165, 1.54) is 47.6 Å². The van der Waals surface area contributed by atoms with E-state index in [-0.39, 0.29) is 11.6 Å². The van der Waals surface area contributed by atoms with E-state index in [0.717, 1.165) is 10.2 Å². The van der Waals surface area contributed by atoms with Crippen molar-refractivity contribution in [3.05, 3.63) is 41.5 Å². The first kappa shape index (κ1) is 13.2. The molecular weight excluding hydrogens is 271 g/mol. The van der Waals surface area contributed by atoms with Gasteiger partial charge in [0.15, 0.2) is 10.1 Å².